The second-order valence-electron chi connectivity index (χ2n) is 3.22. The number of aromatic nitrogens is 2. The highest BCUT2D eigenvalue weighted by Crippen LogP contribution is 2.23. The molecule has 0 aliphatic rings. The van der Waals surface area contributed by atoms with E-state index in [0.29, 0.717) is 5.52 Å². The summed E-state index contributed by atoms with van der Waals surface area (Å²) in [6.07, 6.45) is 1.49. The summed E-state index contributed by atoms with van der Waals surface area (Å²) in [6, 6.07) is 5.63. The van der Waals surface area contributed by atoms with E-state index in [9.17, 15) is 4.79 Å². The first kappa shape index (κ1) is 8.67. The summed E-state index contributed by atoms with van der Waals surface area (Å²) in [7, 11) is 0. The van der Waals surface area contributed by atoms with Crippen LogP contribution < -0.4 is 5.56 Å². The predicted molar refractivity (Wildman–Crippen MR) is 59.8 cm³/mol. The number of hydrogen-bond acceptors (Lipinski definition) is 3. The minimum absolute atomic E-state index is 0.228. The minimum Gasteiger partial charge on any atom is -0.363 e. The van der Waals surface area contributed by atoms with Gasteiger partial charge < -0.3 is 9.51 Å². The number of fused-ring (bicyclic) bond motifs is 3. The average Bonchev–Trinajstić information content (AvgIpc) is 2.69. The van der Waals surface area contributed by atoms with Crippen LogP contribution in [0.5, 0.6) is 0 Å². The Morgan fingerprint density at radius 1 is 1.33 bits per heavy atom. The van der Waals surface area contributed by atoms with Crippen molar-refractivity contribution in [2.45, 2.75) is 0 Å². The second-order valence-corrected chi connectivity index (χ2v) is 4.14. The lowest BCUT2D eigenvalue weighted by Gasteiger charge is -1.98. The van der Waals surface area contributed by atoms with Gasteiger partial charge in [0.1, 0.15) is 6.26 Å². The van der Waals surface area contributed by atoms with Gasteiger partial charge in [-0.3, -0.25) is 4.79 Å². The van der Waals surface area contributed by atoms with Crippen molar-refractivity contribution in [3.8, 4) is 0 Å². The third-order valence-electron chi connectivity index (χ3n) is 2.30. The number of nitrogens with zero attached hydrogens (tertiary/aromatic N) is 1. The number of pyridine rings is 1. The minimum atomic E-state index is -0.228. The van der Waals surface area contributed by atoms with Crippen molar-refractivity contribution in [1.82, 2.24) is 10.1 Å². The summed E-state index contributed by atoms with van der Waals surface area (Å²) in [5.41, 5.74) is 0.882. The van der Waals surface area contributed by atoms with Crippen molar-refractivity contribution in [3.63, 3.8) is 0 Å². The van der Waals surface area contributed by atoms with Crippen molar-refractivity contribution in [1.29, 1.82) is 0 Å². The molecule has 0 saturated heterocycles. The highest BCUT2D eigenvalue weighted by atomic mass is 79.9. The maximum absolute atomic E-state index is 11.5. The summed E-state index contributed by atoms with van der Waals surface area (Å²) < 4.78 is 5.76. The van der Waals surface area contributed by atoms with Gasteiger partial charge in [-0.1, -0.05) is 21.1 Å². The number of rotatable bonds is 0. The molecule has 15 heavy (non-hydrogen) atoms. The zero-order chi connectivity index (χ0) is 10.4. The summed E-state index contributed by atoms with van der Waals surface area (Å²) in [6.45, 7) is 0. The largest absolute Gasteiger partial charge is 0.363 e. The molecule has 74 valence electrons. The molecular weight excluding hydrogens is 260 g/mol. The van der Waals surface area contributed by atoms with Crippen molar-refractivity contribution in [2.75, 3.05) is 0 Å². The highest BCUT2D eigenvalue weighted by molar-refractivity contribution is 9.10. The van der Waals surface area contributed by atoms with Crippen LogP contribution in [0.1, 0.15) is 0 Å². The van der Waals surface area contributed by atoms with Gasteiger partial charge in [0.15, 0.2) is 5.52 Å². The second kappa shape index (κ2) is 2.93. The zero-order valence-corrected chi connectivity index (χ0v) is 9.04. The summed E-state index contributed by atoms with van der Waals surface area (Å²) in [5, 5.41) is 5.31. The van der Waals surface area contributed by atoms with Crippen LogP contribution in [-0.2, 0) is 0 Å². The Morgan fingerprint density at radius 3 is 3.07 bits per heavy atom. The average molecular weight is 265 g/mol. The number of hydrogen-bond donors (Lipinski definition) is 1. The maximum atomic E-state index is 11.5. The molecule has 3 aromatic rings. The molecule has 1 aromatic carbocycles. The molecule has 0 saturated carbocycles. The molecule has 1 N–H and O–H groups in total. The van der Waals surface area contributed by atoms with E-state index in [1.54, 1.807) is 0 Å². The third kappa shape index (κ3) is 1.20. The first-order chi connectivity index (χ1) is 7.25. The van der Waals surface area contributed by atoms with E-state index in [-0.39, 0.29) is 5.56 Å². The lowest BCUT2D eigenvalue weighted by molar-refractivity contribution is 0.428. The van der Waals surface area contributed by atoms with E-state index in [4.69, 9.17) is 4.52 Å². The van der Waals surface area contributed by atoms with Crippen LogP contribution in [0.4, 0.5) is 0 Å². The van der Waals surface area contributed by atoms with Gasteiger partial charge in [-0.25, -0.2) is 0 Å². The molecule has 0 aliphatic carbocycles. The Morgan fingerprint density at radius 2 is 2.20 bits per heavy atom. The summed E-state index contributed by atoms with van der Waals surface area (Å²) in [5.74, 6) is 0. The van der Waals surface area contributed by atoms with Crippen molar-refractivity contribution >= 4 is 37.7 Å². The molecular formula is C10H5BrN2O2. The Kier molecular flexibility index (Phi) is 1.70. The molecule has 2 heterocycles. The molecule has 0 atom stereocenters. The maximum Gasteiger partial charge on any atom is 0.278 e. The number of benzene rings is 1. The van der Waals surface area contributed by atoms with Crippen LogP contribution >= 0.6 is 15.9 Å². The van der Waals surface area contributed by atoms with Crippen LogP contribution in [-0.4, -0.2) is 10.1 Å². The van der Waals surface area contributed by atoms with Crippen LogP contribution in [0, 0.1) is 0 Å². The number of H-pyrrole nitrogens is 1. The summed E-state index contributed by atoms with van der Waals surface area (Å²) in [4.78, 5) is 14.3. The highest BCUT2D eigenvalue weighted by Gasteiger charge is 2.08. The van der Waals surface area contributed by atoms with Gasteiger partial charge in [0.2, 0.25) is 0 Å². The quantitative estimate of drug-likeness (QED) is 0.679. The summed E-state index contributed by atoms with van der Waals surface area (Å²) >= 11 is 3.38. The van der Waals surface area contributed by atoms with Gasteiger partial charge in [0.05, 0.1) is 5.39 Å². The van der Waals surface area contributed by atoms with Gasteiger partial charge in [-0.05, 0) is 18.2 Å². The molecule has 4 nitrogen and oxygen atoms in total. The smallest absolute Gasteiger partial charge is 0.278 e. The van der Waals surface area contributed by atoms with Crippen molar-refractivity contribution in [2.24, 2.45) is 0 Å². The molecule has 5 heteroatoms. The fourth-order valence-corrected chi connectivity index (χ4v) is 1.98. The molecule has 0 aliphatic heterocycles. The van der Waals surface area contributed by atoms with Gasteiger partial charge >= 0.3 is 0 Å². The SMILES string of the molecule is O=c1[nH]c2ccc(Br)cc2c2conc12. The topological polar surface area (TPSA) is 58.9 Å². The molecule has 0 spiro atoms. The number of halogens is 1. The first-order valence-electron chi connectivity index (χ1n) is 4.31. The van der Waals surface area contributed by atoms with E-state index in [1.165, 1.54) is 6.26 Å². The van der Waals surface area contributed by atoms with Gasteiger partial charge in [0.25, 0.3) is 5.56 Å². The van der Waals surface area contributed by atoms with Crippen LogP contribution in [0.3, 0.4) is 0 Å². The van der Waals surface area contributed by atoms with Crippen LogP contribution in [0.25, 0.3) is 21.8 Å². The van der Waals surface area contributed by atoms with Gasteiger partial charge in [-0.15, -0.1) is 0 Å². The normalized spacial score (nSPS) is 11.3. The Bertz CT molecular complexity index is 714. The molecule has 0 bridgehead atoms. The number of aromatic amines is 1. The molecule has 0 fully saturated rings. The van der Waals surface area contributed by atoms with E-state index in [0.717, 1.165) is 20.8 Å². The van der Waals surface area contributed by atoms with Gasteiger partial charge in [-0.2, -0.15) is 0 Å². The van der Waals surface area contributed by atoms with Crippen molar-refractivity contribution < 1.29 is 4.52 Å². The monoisotopic (exact) mass is 264 g/mol. The van der Waals surface area contributed by atoms with Gasteiger partial charge in [0, 0.05) is 15.4 Å². The fraction of sp³-hybridized carbons (Fsp3) is 0. The van der Waals surface area contributed by atoms with E-state index in [2.05, 4.69) is 26.1 Å². The molecule has 2 aromatic heterocycles. The molecule has 0 radical (unpaired) electrons. The zero-order valence-electron chi connectivity index (χ0n) is 7.45. The standard InChI is InChI=1S/C10H5BrN2O2/c11-5-1-2-8-6(3-5)7-4-15-13-9(7)10(14)12-8/h1-4H,(H,12,14). The molecule has 0 amide bonds. The van der Waals surface area contributed by atoms with Crippen LogP contribution in [0.15, 0.2) is 38.3 Å². The Balaban J connectivity index is 2.67. The van der Waals surface area contributed by atoms with Crippen LogP contribution in [0.2, 0.25) is 0 Å². The van der Waals surface area contributed by atoms with E-state index >= 15 is 0 Å². The molecule has 3 rings (SSSR count). The first-order valence-corrected chi connectivity index (χ1v) is 5.10. The fourth-order valence-electron chi connectivity index (χ4n) is 1.62. The van der Waals surface area contributed by atoms with E-state index in [1.807, 2.05) is 18.2 Å². The Hall–Kier alpha value is -1.62. The van der Waals surface area contributed by atoms with Crippen molar-refractivity contribution in [3.05, 3.63) is 39.3 Å². The third-order valence-corrected chi connectivity index (χ3v) is 2.80. The number of nitrogens with one attached hydrogen (secondary N) is 1. The van der Waals surface area contributed by atoms with E-state index < -0.39 is 0 Å². The Labute approximate surface area is 92.0 Å². The lowest BCUT2D eigenvalue weighted by Crippen LogP contribution is -2.05. The lowest BCUT2D eigenvalue weighted by atomic mass is 10.1. The predicted octanol–water partition coefficient (Wildman–Crippen LogP) is 2.43. The molecule has 0 unspecified atom stereocenters.